The molecule has 0 aliphatic heterocycles. The van der Waals surface area contributed by atoms with Crippen LogP contribution in [0.1, 0.15) is 22.6 Å². The lowest BCUT2D eigenvalue weighted by molar-refractivity contribution is -0.272. The van der Waals surface area contributed by atoms with Gasteiger partial charge in [0.25, 0.3) is 5.91 Å². The number of pyridine rings is 1. The quantitative estimate of drug-likeness (QED) is 0.869. The Morgan fingerprint density at radius 2 is 2.13 bits per heavy atom. The van der Waals surface area contributed by atoms with Gasteiger partial charge in [-0.2, -0.15) is 13.2 Å². The van der Waals surface area contributed by atoms with Crippen LogP contribution in [0, 0.1) is 0 Å². The van der Waals surface area contributed by atoms with Crippen LogP contribution in [0.25, 0.3) is 0 Å². The number of nitrogens with zero attached hydrogens (tertiary/aromatic N) is 3. The van der Waals surface area contributed by atoms with E-state index in [-0.39, 0.29) is 12.1 Å². The van der Waals surface area contributed by atoms with Gasteiger partial charge in [0, 0.05) is 44.8 Å². The molecule has 1 amide bonds. The van der Waals surface area contributed by atoms with Crippen molar-refractivity contribution in [2.24, 2.45) is 7.05 Å². The maximum Gasteiger partial charge on any atom is 0.424 e. The SMILES string of the molecule is Cn1ccnc1[C@](O)(CCNC(=O)c1cccnc1)C(F)(F)F. The fourth-order valence-electron chi connectivity index (χ4n) is 2.10. The zero-order chi connectivity index (χ0) is 17.1. The van der Waals surface area contributed by atoms with Crippen LogP contribution in [-0.4, -0.2) is 38.3 Å². The molecule has 0 saturated carbocycles. The number of imidazole rings is 1. The second-order valence-corrected chi connectivity index (χ2v) is 4.97. The van der Waals surface area contributed by atoms with E-state index in [1.807, 2.05) is 0 Å². The van der Waals surface area contributed by atoms with E-state index in [2.05, 4.69) is 15.3 Å². The number of hydrogen-bond acceptors (Lipinski definition) is 4. The van der Waals surface area contributed by atoms with E-state index in [9.17, 15) is 23.1 Å². The Bertz CT molecular complexity index is 672. The highest BCUT2D eigenvalue weighted by atomic mass is 19.4. The van der Waals surface area contributed by atoms with Gasteiger partial charge in [0.05, 0.1) is 5.56 Å². The molecule has 0 bridgehead atoms. The lowest BCUT2D eigenvalue weighted by Crippen LogP contribution is -2.46. The van der Waals surface area contributed by atoms with E-state index >= 15 is 0 Å². The molecule has 0 aliphatic carbocycles. The number of aromatic nitrogens is 3. The summed E-state index contributed by atoms with van der Waals surface area (Å²) in [6.45, 7) is -0.378. The van der Waals surface area contributed by atoms with E-state index in [1.54, 1.807) is 0 Å². The third kappa shape index (κ3) is 3.50. The number of nitrogens with one attached hydrogen (secondary N) is 1. The minimum Gasteiger partial charge on any atom is -0.374 e. The summed E-state index contributed by atoms with van der Waals surface area (Å²) in [7, 11) is 1.35. The van der Waals surface area contributed by atoms with E-state index in [0.717, 1.165) is 4.57 Å². The highest BCUT2D eigenvalue weighted by Crippen LogP contribution is 2.40. The summed E-state index contributed by atoms with van der Waals surface area (Å²) in [5.74, 6) is -1.09. The molecule has 124 valence electrons. The maximum absolute atomic E-state index is 13.3. The average Bonchev–Trinajstić information content (AvgIpc) is 2.93. The zero-order valence-electron chi connectivity index (χ0n) is 12.2. The first-order valence-electron chi connectivity index (χ1n) is 6.71. The van der Waals surface area contributed by atoms with Crippen molar-refractivity contribution in [3.8, 4) is 0 Å². The average molecular weight is 328 g/mol. The van der Waals surface area contributed by atoms with Crippen molar-refractivity contribution in [1.82, 2.24) is 19.9 Å². The van der Waals surface area contributed by atoms with Crippen LogP contribution in [0.2, 0.25) is 0 Å². The second kappa shape index (κ2) is 6.37. The second-order valence-electron chi connectivity index (χ2n) is 4.97. The Labute approximate surface area is 130 Å². The first kappa shape index (κ1) is 16.9. The van der Waals surface area contributed by atoms with Crippen LogP contribution in [0.3, 0.4) is 0 Å². The molecule has 9 heteroatoms. The van der Waals surface area contributed by atoms with E-state index in [0.29, 0.717) is 0 Å². The lowest BCUT2D eigenvalue weighted by Gasteiger charge is -2.29. The van der Waals surface area contributed by atoms with E-state index in [1.165, 1.54) is 44.0 Å². The first-order valence-corrected chi connectivity index (χ1v) is 6.71. The topological polar surface area (TPSA) is 80.0 Å². The number of alkyl halides is 3. The predicted molar refractivity (Wildman–Crippen MR) is 74.3 cm³/mol. The Morgan fingerprint density at radius 1 is 1.39 bits per heavy atom. The molecule has 0 saturated heterocycles. The smallest absolute Gasteiger partial charge is 0.374 e. The van der Waals surface area contributed by atoms with Gasteiger partial charge in [-0.3, -0.25) is 9.78 Å². The molecule has 0 aliphatic rings. The third-order valence-electron chi connectivity index (χ3n) is 3.36. The van der Waals surface area contributed by atoms with E-state index < -0.39 is 29.9 Å². The van der Waals surface area contributed by atoms with Crippen molar-refractivity contribution in [3.63, 3.8) is 0 Å². The van der Waals surface area contributed by atoms with Gasteiger partial charge in [0.2, 0.25) is 5.60 Å². The van der Waals surface area contributed by atoms with Crippen molar-refractivity contribution in [3.05, 3.63) is 48.3 Å². The molecule has 23 heavy (non-hydrogen) atoms. The summed E-state index contributed by atoms with van der Waals surface area (Å²) in [5.41, 5.74) is -2.92. The number of carbonyl (C=O) groups excluding carboxylic acids is 1. The number of hydrogen-bond donors (Lipinski definition) is 2. The molecule has 2 aromatic rings. The largest absolute Gasteiger partial charge is 0.424 e. The Balaban J connectivity index is 2.09. The van der Waals surface area contributed by atoms with E-state index in [4.69, 9.17) is 0 Å². The molecule has 6 nitrogen and oxygen atoms in total. The van der Waals surface area contributed by atoms with Gasteiger partial charge in [0.1, 0.15) is 5.82 Å². The molecular weight excluding hydrogens is 313 g/mol. The van der Waals surface area contributed by atoms with Crippen molar-refractivity contribution in [1.29, 1.82) is 0 Å². The standard InChI is InChI=1S/C14H15F3N4O2/c1-21-8-7-20-12(21)13(23,14(15,16)17)4-6-19-11(22)10-3-2-5-18-9-10/h2-3,5,7-9,23H,4,6H2,1H3,(H,19,22)/t13-/m1/s1. The Kier molecular flexibility index (Phi) is 4.69. The normalized spacial score (nSPS) is 14.3. The highest BCUT2D eigenvalue weighted by molar-refractivity contribution is 5.93. The maximum atomic E-state index is 13.3. The number of aryl methyl sites for hydroxylation is 1. The van der Waals surface area contributed by atoms with Crippen molar-refractivity contribution < 1.29 is 23.1 Å². The van der Waals surface area contributed by atoms with Gasteiger partial charge >= 0.3 is 6.18 Å². The van der Waals surface area contributed by atoms with Gasteiger partial charge in [-0.15, -0.1) is 0 Å². The van der Waals surface area contributed by atoms with Gasteiger partial charge in [-0.1, -0.05) is 0 Å². The summed E-state index contributed by atoms with van der Waals surface area (Å²) in [6, 6.07) is 3.02. The number of rotatable bonds is 5. The number of amides is 1. The Morgan fingerprint density at radius 3 is 2.65 bits per heavy atom. The molecule has 2 aromatic heterocycles. The first-order chi connectivity index (χ1) is 10.8. The van der Waals surface area contributed by atoms with Gasteiger partial charge < -0.3 is 15.0 Å². The molecule has 1 atom stereocenters. The van der Waals surface area contributed by atoms with Crippen LogP contribution in [0.4, 0.5) is 13.2 Å². The van der Waals surface area contributed by atoms with Crippen LogP contribution in [0.15, 0.2) is 36.9 Å². The van der Waals surface area contributed by atoms with Crippen LogP contribution < -0.4 is 5.32 Å². The summed E-state index contributed by atoms with van der Waals surface area (Å²) < 4.78 is 40.9. The molecule has 0 aromatic carbocycles. The number of halogens is 3. The summed E-state index contributed by atoms with van der Waals surface area (Å²) >= 11 is 0. The lowest BCUT2D eigenvalue weighted by atomic mass is 9.97. The summed E-state index contributed by atoms with van der Waals surface area (Å²) in [6.07, 6.45) is -0.441. The highest BCUT2D eigenvalue weighted by Gasteiger charge is 2.57. The third-order valence-corrected chi connectivity index (χ3v) is 3.36. The number of aliphatic hydroxyl groups is 1. The predicted octanol–water partition coefficient (Wildman–Crippen LogP) is 1.39. The van der Waals surface area contributed by atoms with Crippen molar-refractivity contribution >= 4 is 5.91 Å². The molecular formula is C14H15F3N4O2. The molecule has 0 unspecified atom stereocenters. The van der Waals surface area contributed by atoms with Crippen molar-refractivity contribution in [2.45, 2.75) is 18.2 Å². The molecule has 0 radical (unpaired) electrons. The Hall–Kier alpha value is -2.42. The summed E-state index contributed by atoms with van der Waals surface area (Å²) in [5, 5.41) is 12.4. The molecule has 0 fully saturated rings. The summed E-state index contributed by atoms with van der Waals surface area (Å²) in [4.78, 5) is 19.1. The minimum atomic E-state index is -4.93. The van der Waals surface area contributed by atoms with Crippen LogP contribution in [-0.2, 0) is 12.6 Å². The fraction of sp³-hybridized carbons (Fsp3) is 0.357. The molecule has 2 heterocycles. The van der Waals surface area contributed by atoms with Gasteiger partial charge in [0.15, 0.2) is 0 Å². The molecule has 2 N–H and O–H groups in total. The monoisotopic (exact) mass is 328 g/mol. The zero-order valence-corrected chi connectivity index (χ0v) is 12.2. The molecule has 0 spiro atoms. The van der Waals surface area contributed by atoms with Gasteiger partial charge in [-0.05, 0) is 12.1 Å². The molecule has 2 rings (SSSR count). The van der Waals surface area contributed by atoms with Crippen LogP contribution >= 0.6 is 0 Å². The minimum absolute atomic E-state index is 0.222. The van der Waals surface area contributed by atoms with Crippen LogP contribution in [0.5, 0.6) is 0 Å². The van der Waals surface area contributed by atoms with Gasteiger partial charge in [-0.25, -0.2) is 4.98 Å². The van der Waals surface area contributed by atoms with Crippen molar-refractivity contribution in [2.75, 3.05) is 6.54 Å². The number of carbonyl (C=O) groups is 1. The fourth-order valence-corrected chi connectivity index (χ4v) is 2.10.